The molecule has 0 radical (unpaired) electrons. The van der Waals surface area contributed by atoms with E-state index < -0.39 is 5.60 Å². The number of hydrogen-bond acceptors (Lipinski definition) is 3. The van der Waals surface area contributed by atoms with Crippen molar-refractivity contribution in [3.63, 3.8) is 0 Å². The van der Waals surface area contributed by atoms with E-state index in [1.807, 2.05) is 11.8 Å². The van der Waals surface area contributed by atoms with Gasteiger partial charge in [0.25, 0.3) is 0 Å². The number of nitrogens with one attached hydrogen (secondary N) is 2. The van der Waals surface area contributed by atoms with E-state index >= 15 is 0 Å². The maximum absolute atomic E-state index is 10.3. The van der Waals surface area contributed by atoms with Crippen LogP contribution in [0.1, 0.15) is 45.4 Å². The Labute approximate surface area is 156 Å². The monoisotopic (exact) mass is 439 g/mol. The van der Waals surface area contributed by atoms with Crippen LogP contribution in [-0.4, -0.2) is 47.8 Å². The topological polar surface area (TPSA) is 56.7 Å². The van der Waals surface area contributed by atoms with Gasteiger partial charge in [-0.05, 0) is 51.2 Å². The average molecular weight is 439 g/mol. The Morgan fingerprint density at radius 2 is 2.27 bits per heavy atom. The lowest BCUT2D eigenvalue weighted by Gasteiger charge is -2.20. The molecule has 1 heterocycles. The van der Waals surface area contributed by atoms with Gasteiger partial charge in [0.15, 0.2) is 5.96 Å². The molecule has 1 saturated heterocycles. The Kier molecular flexibility index (Phi) is 9.82. The van der Waals surface area contributed by atoms with Crippen molar-refractivity contribution in [2.24, 2.45) is 4.99 Å². The summed E-state index contributed by atoms with van der Waals surface area (Å²) in [4.78, 5) is 4.56. The van der Waals surface area contributed by atoms with Crippen molar-refractivity contribution in [3.05, 3.63) is 11.6 Å². The number of aliphatic imine (C=N–C) groups is 1. The molecular formula is C16H30IN3OS. The van der Waals surface area contributed by atoms with E-state index in [9.17, 15) is 5.11 Å². The van der Waals surface area contributed by atoms with E-state index in [-0.39, 0.29) is 24.0 Å². The first-order valence-electron chi connectivity index (χ1n) is 8.22. The maximum Gasteiger partial charge on any atom is 0.191 e. The molecule has 4 nitrogen and oxygen atoms in total. The highest BCUT2D eigenvalue weighted by Gasteiger charge is 2.31. The third-order valence-corrected chi connectivity index (χ3v) is 5.32. The van der Waals surface area contributed by atoms with E-state index in [0.29, 0.717) is 6.54 Å². The molecule has 0 spiro atoms. The minimum Gasteiger partial charge on any atom is -0.387 e. The van der Waals surface area contributed by atoms with Crippen LogP contribution in [0.4, 0.5) is 0 Å². The molecule has 1 fully saturated rings. The summed E-state index contributed by atoms with van der Waals surface area (Å²) in [6, 6.07) is 0. The molecule has 0 amide bonds. The van der Waals surface area contributed by atoms with Crippen molar-refractivity contribution in [2.75, 3.05) is 31.1 Å². The summed E-state index contributed by atoms with van der Waals surface area (Å²) in [6.07, 6.45) is 9.54. The van der Waals surface area contributed by atoms with Crippen molar-refractivity contribution in [3.8, 4) is 0 Å². The van der Waals surface area contributed by atoms with E-state index in [4.69, 9.17) is 0 Å². The molecule has 6 heteroatoms. The van der Waals surface area contributed by atoms with Crippen molar-refractivity contribution in [1.29, 1.82) is 0 Å². The van der Waals surface area contributed by atoms with Gasteiger partial charge in [0.05, 0.1) is 12.1 Å². The van der Waals surface area contributed by atoms with Gasteiger partial charge in [-0.15, -0.1) is 24.0 Å². The molecule has 0 aromatic heterocycles. The summed E-state index contributed by atoms with van der Waals surface area (Å²) >= 11 is 1.82. The van der Waals surface area contributed by atoms with E-state index in [1.54, 1.807) is 5.57 Å². The number of hydrogen-bond donors (Lipinski definition) is 3. The van der Waals surface area contributed by atoms with Crippen LogP contribution in [-0.2, 0) is 0 Å². The van der Waals surface area contributed by atoms with Crippen LogP contribution in [0.25, 0.3) is 0 Å². The van der Waals surface area contributed by atoms with Gasteiger partial charge in [-0.3, -0.25) is 4.99 Å². The SMILES string of the molecule is CCNC(=NCC1(O)CCSC1)NCCC1=CCCCC1.I. The molecule has 0 aromatic rings. The number of aliphatic hydroxyl groups is 1. The molecule has 22 heavy (non-hydrogen) atoms. The number of allylic oxidation sites excluding steroid dienone is 1. The number of nitrogens with zero attached hydrogens (tertiary/aromatic N) is 1. The Balaban J connectivity index is 0.00000242. The summed E-state index contributed by atoms with van der Waals surface area (Å²) in [5.74, 6) is 2.69. The molecule has 1 aliphatic heterocycles. The van der Waals surface area contributed by atoms with Crippen molar-refractivity contribution < 1.29 is 5.11 Å². The molecule has 1 atom stereocenters. The third kappa shape index (κ3) is 7.08. The highest BCUT2D eigenvalue weighted by molar-refractivity contribution is 14.0. The third-order valence-electron chi connectivity index (χ3n) is 4.08. The minimum atomic E-state index is -0.598. The fraction of sp³-hybridized carbons (Fsp3) is 0.812. The first-order valence-corrected chi connectivity index (χ1v) is 9.37. The van der Waals surface area contributed by atoms with Crippen molar-refractivity contribution in [1.82, 2.24) is 10.6 Å². The van der Waals surface area contributed by atoms with Crippen molar-refractivity contribution >= 4 is 41.7 Å². The number of halogens is 1. The summed E-state index contributed by atoms with van der Waals surface area (Å²) in [5, 5.41) is 17.0. The van der Waals surface area contributed by atoms with Gasteiger partial charge in [0.1, 0.15) is 0 Å². The molecule has 3 N–H and O–H groups in total. The molecule has 0 bridgehead atoms. The first kappa shape index (κ1) is 20.1. The van der Waals surface area contributed by atoms with Crippen LogP contribution in [0.3, 0.4) is 0 Å². The lowest BCUT2D eigenvalue weighted by Crippen LogP contribution is -2.40. The van der Waals surface area contributed by atoms with Gasteiger partial charge < -0.3 is 15.7 Å². The largest absolute Gasteiger partial charge is 0.387 e. The molecule has 128 valence electrons. The second kappa shape index (κ2) is 10.8. The van der Waals surface area contributed by atoms with Crippen LogP contribution >= 0.6 is 35.7 Å². The van der Waals surface area contributed by atoms with Gasteiger partial charge in [0, 0.05) is 18.8 Å². The standard InChI is InChI=1S/C16H29N3OS.HI/c1-2-17-15(19-12-16(20)9-11-21-13-16)18-10-8-14-6-4-3-5-7-14;/h6,20H,2-5,7-13H2,1H3,(H2,17,18,19);1H. The number of thioether (sulfide) groups is 1. The van der Waals surface area contributed by atoms with Crippen LogP contribution in [0, 0.1) is 0 Å². The fourth-order valence-electron chi connectivity index (χ4n) is 2.76. The summed E-state index contributed by atoms with van der Waals surface area (Å²) in [5.41, 5.74) is 0.981. The van der Waals surface area contributed by atoms with Gasteiger partial charge >= 0.3 is 0 Å². The Hall–Kier alpha value is 0.0500. The number of rotatable bonds is 6. The highest BCUT2D eigenvalue weighted by Crippen LogP contribution is 2.27. The predicted octanol–water partition coefficient (Wildman–Crippen LogP) is 2.92. The fourth-order valence-corrected chi connectivity index (χ4v) is 4.05. The Morgan fingerprint density at radius 3 is 2.91 bits per heavy atom. The van der Waals surface area contributed by atoms with Crippen LogP contribution in [0.15, 0.2) is 16.6 Å². The van der Waals surface area contributed by atoms with Gasteiger partial charge in [-0.1, -0.05) is 11.6 Å². The van der Waals surface area contributed by atoms with Crippen LogP contribution in [0.5, 0.6) is 0 Å². The Morgan fingerprint density at radius 1 is 1.41 bits per heavy atom. The number of guanidine groups is 1. The van der Waals surface area contributed by atoms with Crippen molar-refractivity contribution in [2.45, 2.75) is 51.0 Å². The zero-order chi connectivity index (χ0) is 15.0. The first-order chi connectivity index (χ1) is 10.2. The highest BCUT2D eigenvalue weighted by atomic mass is 127. The van der Waals surface area contributed by atoms with E-state index in [0.717, 1.165) is 43.4 Å². The smallest absolute Gasteiger partial charge is 0.191 e. The second-order valence-corrected chi connectivity index (χ2v) is 7.11. The zero-order valence-electron chi connectivity index (χ0n) is 13.6. The van der Waals surface area contributed by atoms with Gasteiger partial charge in [0.2, 0.25) is 0 Å². The quantitative estimate of drug-likeness (QED) is 0.258. The summed E-state index contributed by atoms with van der Waals surface area (Å²) in [6.45, 7) is 4.34. The maximum atomic E-state index is 10.3. The predicted molar refractivity (Wildman–Crippen MR) is 107 cm³/mol. The van der Waals surface area contributed by atoms with Crippen LogP contribution < -0.4 is 10.6 Å². The molecule has 0 aromatic carbocycles. The lowest BCUT2D eigenvalue weighted by atomic mass is 9.97. The molecule has 1 aliphatic carbocycles. The second-order valence-electron chi connectivity index (χ2n) is 6.01. The van der Waals surface area contributed by atoms with E-state index in [1.165, 1.54) is 25.7 Å². The van der Waals surface area contributed by atoms with Crippen LogP contribution in [0.2, 0.25) is 0 Å². The minimum absolute atomic E-state index is 0. The summed E-state index contributed by atoms with van der Waals surface area (Å²) in [7, 11) is 0. The zero-order valence-corrected chi connectivity index (χ0v) is 16.7. The Bertz CT molecular complexity index is 382. The molecule has 2 rings (SSSR count). The molecule has 1 unspecified atom stereocenters. The van der Waals surface area contributed by atoms with Gasteiger partial charge in [-0.2, -0.15) is 11.8 Å². The lowest BCUT2D eigenvalue weighted by molar-refractivity contribution is 0.0778. The molecule has 0 saturated carbocycles. The summed E-state index contributed by atoms with van der Waals surface area (Å²) < 4.78 is 0. The van der Waals surface area contributed by atoms with Gasteiger partial charge in [-0.25, -0.2) is 0 Å². The average Bonchev–Trinajstić information content (AvgIpc) is 2.93. The molecular weight excluding hydrogens is 409 g/mol. The van der Waals surface area contributed by atoms with E-state index in [2.05, 4.69) is 28.6 Å². The molecule has 2 aliphatic rings. The normalized spacial score (nSPS) is 25.4.